The Morgan fingerprint density at radius 3 is 1.62 bits per heavy atom. The van der Waals surface area contributed by atoms with Crippen LogP contribution in [0.2, 0.25) is 0 Å². The van der Waals surface area contributed by atoms with Crippen molar-refractivity contribution >= 4 is 19.5 Å². The fraction of sp³-hybridized carbons (Fsp3) is 0.538. The highest BCUT2D eigenvalue weighted by Gasteiger charge is 2.16. The van der Waals surface area contributed by atoms with Gasteiger partial charge in [-0.2, -0.15) is 0 Å². The number of rotatable bonds is 12. The van der Waals surface area contributed by atoms with Crippen molar-refractivity contribution in [3.05, 3.63) is 25.3 Å². The molecule has 0 bridgehead atoms. The van der Waals surface area contributed by atoms with E-state index in [1.807, 2.05) is 0 Å². The SMILES string of the molecule is C=CC(=O)OCCCOP(C)(=O)OCCCOC(=O)C=C. The van der Waals surface area contributed by atoms with Gasteiger partial charge in [0.15, 0.2) is 0 Å². The Kier molecular flexibility index (Phi) is 10.5. The zero-order chi connectivity index (χ0) is 16.1. The highest BCUT2D eigenvalue weighted by atomic mass is 31.2. The van der Waals surface area contributed by atoms with Crippen LogP contribution in [0.1, 0.15) is 12.8 Å². The molecule has 0 saturated heterocycles. The fourth-order valence-electron chi connectivity index (χ4n) is 1.08. The Morgan fingerprint density at radius 1 is 0.905 bits per heavy atom. The lowest BCUT2D eigenvalue weighted by Crippen LogP contribution is -2.07. The van der Waals surface area contributed by atoms with Crippen molar-refractivity contribution in [1.29, 1.82) is 0 Å². The van der Waals surface area contributed by atoms with Crippen molar-refractivity contribution in [1.82, 2.24) is 0 Å². The van der Waals surface area contributed by atoms with Gasteiger partial charge in [-0.1, -0.05) is 13.2 Å². The van der Waals surface area contributed by atoms with Crippen LogP contribution in [0.4, 0.5) is 0 Å². The summed E-state index contributed by atoms with van der Waals surface area (Å²) in [5.41, 5.74) is 0. The number of ether oxygens (including phenoxy) is 2. The summed E-state index contributed by atoms with van der Waals surface area (Å²) < 4.78 is 31.5. The summed E-state index contributed by atoms with van der Waals surface area (Å²) in [6, 6.07) is 0. The first-order valence-corrected chi connectivity index (χ1v) is 8.35. The number of hydrogen-bond acceptors (Lipinski definition) is 7. The van der Waals surface area contributed by atoms with Gasteiger partial charge in [-0.3, -0.25) is 4.57 Å². The summed E-state index contributed by atoms with van der Waals surface area (Å²) in [5.74, 6) is -1.03. The Hall–Kier alpha value is -1.43. The minimum Gasteiger partial charge on any atom is -0.462 e. The second kappa shape index (κ2) is 11.3. The normalized spacial score (nSPS) is 10.7. The van der Waals surface area contributed by atoms with Gasteiger partial charge < -0.3 is 18.5 Å². The molecule has 0 aromatic rings. The molecule has 0 radical (unpaired) electrons. The van der Waals surface area contributed by atoms with Gasteiger partial charge in [0, 0.05) is 31.7 Å². The smallest absolute Gasteiger partial charge is 0.330 e. The van der Waals surface area contributed by atoms with Crippen molar-refractivity contribution in [2.75, 3.05) is 33.1 Å². The topological polar surface area (TPSA) is 88.1 Å². The molecular formula is C13H21O7P. The maximum atomic E-state index is 11.8. The number of carbonyl (C=O) groups is 2. The molecule has 0 aliphatic carbocycles. The molecule has 21 heavy (non-hydrogen) atoms. The largest absolute Gasteiger partial charge is 0.462 e. The fourth-order valence-corrected chi connectivity index (χ4v) is 2.08. The van der Waals surface area contributed by atoms with Gasteiger partial charge in [0.25, 0.3) is 0 Å². The van der Waals surface area contributed by atoms with E-state index in [0.29, 0.717) is 12.8 Å². The summed E-state index contributed by atoms with van der Waals surface area (Å²) in [6.07, 6.45) is 2.93. The van der Waals surface area contributed by atoms with Crippen LogP contribution in [0, 0.1) is 0 Å². The van der Waals surface area contributed by atoms with E-state index in [1.165, 1.54) is 6.66 Å². The first-order valence-electron chi connectivity index (χ1n) is 6.36. The highest BCUT2D eigenvalue weighted by molar-refractivity contribution is 7.52. The van der Waals surface area contributed by atoms with Crippen LogP contribution in [0.25, 0.3) is 0 Å². The molecular weight excluding hydrogens is 299 g/mol. The number of esters is 2. The van der Waals surface area contributed by atoms with Crippen LogP contribution in [0.15, 0.2) is 25.3 Å². The molecule has 0 atom stereocenters. The average Bonchev–Trinajstić information content (AvgIpc) is 2.45. The summed E-state index contributed by atoms with van der Waals surface area (Å²) in [7, 11) is -3.16. The molecule has 120 valence electrons. The summed E-state index contributed by atoms with van der Waals surface area (Å²) in [4.78, 5) is 21.5. The van der Waals surface area contributed by atoms with Crippen molar-refractivity contribution in [2.45, 2.75) is 12.8 Å². The molecule has 8 heteroatoms. The maximum absolute atomic E-state index is 11.8. The molecule has 0 amide bonds. The first kappa shape index (κ1) is 19.6. The molecule has 0 rings (SSSR count). The van der Waals surface area contributed by atoms with Crippen LogP contribution in [-0.4, -0.2) is 45.0 Å². The zero-order valence-corrected chi connectivity index (χ0v) is 13.0. The molecule has 0 aromatic heterocycles. The Morgan fingerprint density at radius 2 is 1.29 bits per heavy atom. The van der Waals surface area contributed by atoms with E-state index in [2.05, 4.69) is 13.2 Å². The van der Waals surface area contributed by atoms with Gasteiger partial charge in [0.1, 0.15) is 0 Å². The van der Waals surface area contributed by atoms with Gasteiger partial charge in [-0.05, 0) is 0 Å². The third-order valence-corrected chi connectivity index (χ3v) is 3.35. The quantitative estimate of drug-likeness (QED) is 0.235. The number of hydrogen-bond donors (Lipinski definition) is 0. The first-order chi connectivity index (χ1) is 9.91. The summed E-state index contributed by atoms with van der Waals surface area (Å²) >= 11 is 0. The monoisotopic (exact) mass is 320 g/mol. The Balaban J connectivity index is 3.62. The van der Waals surface area contributed by atoms with Gasteiger partial charge in [0.05, 0.1) is 26.4 Å². The van der Waals surface area contributed by atoms with E-state index in [0.717, 1.165) is 12.2 Å². The predicted molar refractivity (Wildman–Crippen MR) is 77.0 cm³/mol. The van der Waals surface area contributed by atoms with E-state index in [1.54, 1.807) is 0 Å². The third-order valence-electron chi connectivity index (χ3n) is 2.05. The van der Waals surface area contributed by atoms with Crippen LogP contribution in [0.3, 0.4) is 0 Å². The van der Waals surface area contributed by atoms with Crippen molar-refractivity contribution in [2.24, 2.45) is 0 Å². The lowest BCUT2D eigenvalue weighted by Gasteiger charge is -2.14. The van der Waals surface area contributed by atoms with E-state index in [9.17, 15) is 14.2 Å². The predicted octanol–water partition coefficient (Wildman–Crippen LogP) is 2.08. The molecule has 0 fully saturated rings. The average molecular weight is 320 g/mol. The van der Waals surface area contributed by atoms with E-state index in [4.69, 9.17) is 18.5 Å². The second-order valence-corrected chi connectivity index (χ2v) is 5.95. The summed E-state index contributed by atoms with van der Waals surface area (Å²) in [6.45, 7) is 8.45. The van der Waals surface area contributed by atoms with Gasteiger partial charge >= 0.3 is 19.5 Å². The lowest BCUT2D eigenvalue weighted by molar-refractivity contribution is -0.138. The van der Waals surface area contributed by atoms with E-state index in [-0.39, 0.29) is 26.4 Å². The van der Waals surface area contributed by atoms with Gasteiger partial charge in [-0.15, -0.1) is 0 Å². The van der Waals surface area contributed by atoms with E-state index >= 15 is 0 Å². The van der Waals surface area contributed by atoms with Crippen LogP contribution in [0.5, 0.6) is 0 Å². The van der Waals surface area contributed by atoms with Crippen molar-refractivity contribution < 1.29 is 32.7 Å². The zero-order valence-electron chi connectivity index (χ0n) is 12.1. The Bertz CT molecular complexity index is 371. The molecule has 0 saturated carbocycles. The molecule has 0 aliphatic rings. The molecule has 0 N–H and O–H groups in total. The molecule has 0 unspecified atom stereocenters. The lowest BCUT2D eigenvalue weighted by atomic mass is 10.5. The van der Waals surface area contributed by atoms with Crippen LogP contribution in [-0.2, 0) is 32.7 Å². The molecule has 0 aromatic carbocycles. The van der Waals surface area contributed by atoms with Crippen LogP contribution < -0.4 is 0 Å². The Labute approximate surface area is 124 Å². The molecule has 0 aliphatic heterocycles. The van der Waals surface area contributed by atoms with Crippen molar-refractivity contribution in [3.8, 4) is 0 Å². The van der Waals surface area contributed by atoms with Gasteiger partial charge in [0.2, 0.25) is 0 Å². The molecule has 0 spiro atoms. The highest BCUT2D eigenvalue weighted by Crippen LogP contribution is 2.43. The van der Waals surface area contributed by atoms with Crippen LogP contribution >= 0.6 is 7.60 Å². The molecule has 7 nitrogen and oxygen atoms in total. The van der Waals surface area contributed by atoms with E-state index < -0.39 is 19.5 Å². The third kappa shape index (κ3) is 12.1. The second-order valence-electron chi connectivity index (χ2n) is 3.89. The maximum Gasteiger partial charge on any atom is 0.330 e. The standard InChI is InChI=1S/C13H21O7P/c1-4-12(14)17-8-6-10-19-21(3,16)20-11-7-9-18-13(15)5-2/h4-5H,1-2,6-11H2,3H3. The minimum absolute atomic E-state index is 0.143. The van der Waals surface area contributed by atoms with Gasteiger partial charge in [-0.25, -0.2) is 9.59 Å². The van der Waals surface area contributed by atoms with Crippen molar-refractivity contribution in [3.63, 3.8) is 0 Å². The number of carbonyl (C=O) groups excluding carboxylic acids is 2. The molecule has 0 heterocycles. The minimum atomic E-state index is -3.16. The summed E-state index contributed by atoms with van der Waals surface area (Å²) in [5, 5.41) is 0.